The SMILES string of the molecule is C[C@@H]1[C@@H](OC(=O)[C@H](Br)[C@@H]2OC(=O)c3ccccc32)C[C@H]2C[C@@H]1C2(C)C. The van der Waals surface area contributed by atoms with E-state index < -0.39 is 10.9 Å². The van der Waals surface area contributed by atoms with Crippen molar-refractivity contribution in [2.75, 3.05) is 0 Å². The van der Waals surface area contributed by atoms with E-state index in [-0.39, 0.29) is 18.0 Å². The fraction of sp³-hybridized carbons (Fsp3) is 0.600. The van der Waals surface area contributed by atoms with Crippen molar-refractivity contribution in [3.63, 3.8) is 0 Å². The molecule has 5 heteroatoms. The number of halogens is 1. The van der Waals surface area contributed by atoms with Gasteiger partial charge in [-0.2, -0.15) is 0 Å². The summed E-state index contributed by atoms with van der Waals surface area (Å²) in [5.41, 5.74) is 1.63. The van der Waals surface area contributed by atoms with E-state index in [1.54, 1.807) is 12.1 Å². The molecule has 25 heavy (non-hydrogen) atoms. The number of hydrogen-bond donors (Lipinski definition) is 0. The normalized spacial score (nSPS) is 36.0. The molecule has 0 amide bonds. The molecule has 2 bridgehead atoms. The molecule has 0 saturated heterocycles. The van der Waals surface area contributed by atoms with E-state index in [0.717, 1.165) is 12.0 Å². The first-order chi connectivity index (χ1) is 11.8. The quantitative estimate of drug-likeness (QED) is 0.555. The van der Waals surface area contributed by atoms with Gasteiger partial charge in [-0.05, 0) is 42.1 Å². The number of esters is 2. The number of cyclic esters (lactones) is 1. The second-order valence-electron chi connectivity index (χ2n) is 8.25. The second-order valence-corrected chi connectivity index (χ2v) is 9.23. The Hall–Kier alpha value is -1.36. The third-order valence-corrected chi connectivity index (χ3v) is 7.62. The molecule has 1 aromatic rings. The molecule has 6 atom stereocenters. The van der Waals surface area contributed by atoms with Crippen molar-refractivity contribution in [1.29, 1.82) is 0 Å². The van der Waals surface area contributed by atoms with Crippen molar-refractivity contribution >= 4 is 27.9 Å². The van der Waals surface area contributed by atoms with Crippen LogP contribution in [-0.2, 0) is 14.3 Å². The number of benzene rings is 1. The summed E-state index contributed by atoms with van der Waals surface area (Å²) in [5, 5.41) is 0. The van der Waals surface area contributed by atoms with Crippen LogP contribution in [-0.4, -0.2) is 22.9 Å². The molecule has 1 aliphatic heterocycles. The third-order valence-electron chi connectivity index (χ3n) is 6.76. The predicted molar refractivity (Wildman–Crippen MR) is 96.4 cm³/mol. The van der Waals surface area contributed by atoms with Gasteiger partial charge in [-0.3, -0.25) is 4.79 Å². The van der Waals surface area contributed by atoms with Crippen LogP contribution in [0.2, 0.25) is 0 Å². The van der Waals surface area contributed by atoms with Crippen LogP contribution in [0.25, 0.3) is 0 Å². The molecule has 0 aromatic heterocycles. The molecular weight excluding hydrogens is 384 g/mol. The maximum Gasteiger partial charge on any atom is 0.339 e. The van der Waals surface area contributed by atoms with Gasteiger partial charge in [0, 0.05) is 5.56 Å². The zero-order chi connectivity index (χ0) is 17.9. The van der Waals surface area contributed by atoms with Crippen LogP contribution >= 0.6 is 15.9 Å². The Labute approximate surface area is 156 Å². The Bertz CT molecular complexity index is 728. The van der Waals surface area contributed by atoms with Crippen LogP contribution in [0.3, 0.4) is 0 Å². The molecular formula is C20H23BrO4. The molecule has 5 rings (SSSR count). The van der Waals surface area contributed by atoms with Crippen LogP contribution in [0.5, 0.6) is 0 Å². The summed E-state index contributed by atoms with van der Waals surface area (Å²) in [6.07, 6.45) is 1.50. The van der Waals surface area contributed by atoms with Gasteiger partial charge >= 0.3 is 11.9 Å². The first-order valence-electron chi connectivity index (χ1n) is 8.95. The van der Waals surface area contributed by atoms with Crippen molar-refractivity contribution in [3.8, 4) is 0 Å². The highest BCUT2D eigenvalue weighted by molar-refractivity contribution is 9.10. The van der Waals surface area contributed by atoms with E-state index >= 15 is 0 Å². The smallest absolute Gasteiger partial charge is 0.339 e. The van der Waals surface area contributed by atoms with E-state index in [2.05, 4.69) is 36.7 Å². The van der Waals surface area contributed by atoms with Crippen LogP contribution < -0.4 is 0 Å². The largest absolute Gasteiger partial charge is 0.461 e. The highest BCUT2D eigenvalue weighted by Gasteiger charge is 2.57. The fourth-order valence-electron chi connectivity index (χ4n) is 4.99. The van der Waals surface area contributed by atoms with Crippen LogP contribution in [0.1, 0.15) is 55.6 Å². The third kappa shape index (κ3) is 2.54. The second kappa shape index (κ2) is 5.83. The zero-order valence-corrected chi connectivity index (χ0v) is 16.3. The van der Waals surface area contributed by atoms with Gasteiger partial charge in [-0.15, -0.1) is 0 Å². The van der Waals surface area contributed by atoms with Gasteiger partial charge in [0.1, 0.15) is 6.10 Å². The van der Waals surface area contributed by atoms with E-state index in [9.17, 15) is 9.59 Å². The van der Waals surface area contributed by atoms with Crippen molar-refractivity contribution in [2.45, 2.75) is 50.6 Å². The van der Waals surface area contributed by atoms with Gasteiger partial charge in [0.25, 0.3) is 0 Å². The van der Waals surface area contributed by atoms with Crippen molar-refractivity contribution in [1.82, 2.24) is 0 Å². The molecule has 0 radical (unpaired) electrons. The Balaban J connectivity index is 1.45. The topological polar surface area (TPSA) is 52.6 Å². The molecule has 1 heterocycles. The Kier molecular flexibility index (Phi) is 3.98. The monoisotopic (exact) mass is 406 g/mol. The summed E-state index contributed by atoms with van der Waals surface area (Å²) >= 11 is 3.41. The summed E-state index contributed by atoms with van der Waals surface area (Å²) in [7, 11) is 0. The minimum Gasteiger partial charge on any atom is -0.461 e. The Morgan fingerprint density at radius 2 is 2.04 bits per heavy atom. The van der Waals surface area contributed by atoms with Crippen molar-refractivity contribution < 1.29 is 19.1 Å². The van der Waals surface area contributed by atoms with Gasteiger partial charge in [0.05, 0.1) is 5.56 Å². The van der Waals surface area contributed by atoms with Gasteiger partial charge in [-0.1, -0.05) is 54.9 Å². The van der Waals surface area contributed by atoms with E-state index in [1.165, 1.54) is 6.42 Å². The number of carbonyl (C=O) groups excluding carboxylic acids is 2. The number of alkyl halides is 1. The van der Waals surface area contributed by atoms with E-state index in [1.807, 2.05) is 12.1 Å². The molecule has 3 fully saturated rings. The molecule has 0 spiro atoms. The van der Waals surface area contributed by atoms with Gasteiger partial charge in [0.15, 0.2) is 10.9 Å². The molecule has 1 aromatic carbocycles. The minimum absolute atomic E-state index is 0.0447. The van der Waals surface area contributed by atoms with E-state index in [4.69, 9.17) is 9.47 Å². The number of rotatable bonds is 3. The molecule has 3 saturated carbocycles. The van der Waals surface area contributed by atoms with Crippen LogP contribution in [0.4, 0.5) is 0 Å². The lowest BCUT2D eigenvalue weighted by Crippen LogP contribution is -2.57. The highest BCUT2D eigenvalue weighted by atomic mass is 79.9. The summed E-state index contributed by atoms with van der Waals surface area (Å²) in [6.45, 7) is 6.83. The first kappa shape index (κ1) is 17.1. The summed E-state index contributed by atoms with van der Waals surface area (Å²) < 4.78 is 11.3. The lowest BCUT2D eigenvalue weighted by Gasteiger charge is -2.61. The van der Waals surface area contributed by atoms with Crippen LogP contribution in [0.15, 0.2) is 24.3 Å². The van der Waals surface area contributed by atoms with Gasteiger partial charge in [-0.25, -0.2) is 4.79 Å². The van der Waals surface area contributed by atoms with Crippen LogP contribution in [0, 0.1) is 23.2 Å². The van der Waals surface area contributed by atoms with Gasteiger partial charge < -0.3 is 9.47 Å². The molecule has 4 aliphatic rings. The first-order valence-corrected chi connectivity index (χ1v) is 9.86. The number of hydrogen-bond acceptors (Lipinski definition) is 4. The summed E-state index contributed by atoms with van der Waals surface area (Å²) in [4.78, 5) is 24.0. The molecule has 134 valence electrons. The number of fused-ring (bicyclic) bond motifs is 3. The Morgan fingerprint density at radius 3 is 2.72 bits per heavy atom. The predicted octanol–water partition coefficient (Wildman–Crippen LogP) is 4.28. The maximum atomic E-state index is 12.7. The van der Waals surface area contributed by atoms with Crippen molar-refractivity contribution in [2.24, 2.45) is 23.2 Å². The molecule has 4 nitrogen and oxygen atoms in total. The fourth-order valence-corrected chi connectivity index (χ4v) is 5.49. The molecule has 0 unspecified atom stereocenters. The highest BCUT2D eigenvalue weighted by Crippen LogP contribution is 2.61. The van der Waals surface area contributed by atoms with E-state index in [0.29, 0.717) is 28.7 Å². The lowest BCUT2D eigenvalue weighted by atomic mass is 9.45. The molecule has 3 aliphatic carbocycles. The Morgan fingerprint density at radius 1 is 1.32 bits per heavy atom. The lowest BCUT2D eigenvalue weighted by molar-refractivity contribution is -0.186. The standard InChI is InChI=1S/C20H23BrO4/c1-10-14-8-11(20(14,2)3)9-15(10)24-19(23)16(21)17-12-6-4-5-7-13(12)18(22)25-17/h4-7,10-11,14-17H,8-9H2,1-3H3/t10-,11+,14-,15-,16+,17+/m0/s1. The summed E-state index contributed by atoms with van der Waals surface area (Å²) in [6, 6.07) is 7.19. The van der Waals surface area contributed by atoms with Gasteiger partial charge in [0.2, 0.25) is 0 Å². The average Bonchev–Trinajstić information content (AvgIpc) is 2.92. The number of ether oxygens (including phenoxy) is 2. The molecule has 0 N–H and O–H groups in total. The zero-order valence-electron chi connectivity index (χ0n) is 14.7. The average molecular weight is 407 g/mol. The number of carbonyl (C=O) groups is 2. The van der Waals surface area contributed by atoms with Crippen molar-refractivity contribution in [3.05, 3.63) is 35.4 Å². The minimum atomic E-state index is -0.682. The summed E-state index contributed by atoms with van der Waals surface area (Å²) in [5.74, 6) is 0.882. The maximum absolute atomic E-state index is 12.7.